The smallest absolute Gasteiger partial charge is 0.195 e. The molecule has 2 aromatic carbocycles. The monoisotopic (exact) mass is 355 g/mol. The number of benzene rings is 2. The minimum absolute atomic E-state index is 0.604. The highest BCUT2D eigenvalue weighted by Crippen LogP contribution is 2.26. The summed E-state index contributed by atoms with van der Waals surface area (Å²) in [4.78, 5) is 0. The zero-order valence-corrected chi connectivity index (χ0v) is 15.4. The largest absolute Gasteiger partial charge is 0.495 e. The molecule has 3 rings (SSSR count). The van der Waals surface area contributed by atoms with Crippen molar-refractivity contribution in [2.24, 2.45) is 0 Å². The Morgan fingerprint density at radius 1 is 1.08 bits per heavy atom. The molecular formula is C19H21N3O2S. The molecule has 0 unspecified atom stereocenters. The molecule has 3 aromatic rings. The van der Waals surface area contributed by atoms with Gasteiger partial charge in [-0.3, -0.25) is 4.57 Å². The standard InChI is InChI=1S/C19H21N3O2S/c1-14-10-15(2)12-16(11-14)24-8-9-25-19-21-20-13-22(19)17-6-4-5-7-18(17)23-3/h4-7,10-13H,8-9H2,1-3H3. The number of hydrogen-bond acceptors (Lipinski definition) is 5. The van der Waals surface area contributed by atoms with E-state index in [1.807, 2.05) is 28.8 Å². The maximum absolute atomic E-state index is 5.85. The summed E-state index contributed by atoms with van der Waals surface area (Å²) in [6, 6.07) is 14.1. The van der Waals surface area contributed by atoms with Crippen LogP contribution in [0.4, 0.5) is 0 Å². The molecule has 0 saturated heterocycles. The average Bonchev–Trinajstić information content (AvgIpc) is 3.06. The summed E-state index contributed by atoms with van der Waals surface area (Å²) in [7, 11) is 1.66. The van der Waals surface area contributed by atoms with E-state index in [0.29, 0.717) is 6.61 Å². The molecule has 0 aliphatic heterocycles. The molecule has 5 nitrogen and oxygen atoms in total. The Balaban J connectivity index is 1.62. The molecule has 1 aromatic heterocycles. The number of rotatable bonds is 7. The summed E-state index contributed by atoms with van der Waals surface area (Å²) in [5.74, 6) is 2.47. The number of aromatic nitrogens is 3. The maximum Gasteiger partial charge on any atom is 0.195 e. The van der Waals surface area contributed by atoms with E-state index in [-0.39, 0.29) is 0 Å². The Labute approximate surface area is 152 Å². The van der Waals surface area contributed by atoms with Crippen molar-refractivity contribution in [3.63, 3.8) is 0 Å². The number of thioether (sulfide) groups is 1. The Hall–Kier alpha value is -2.47. The van der Waals surface area contributed by atoms with Crippen LogP contribution in [0.1, 0.15) is 11.1 Å². The first-order valence-electron chi connectivity index (χ1n) is 8.04. The highest BCUT2D eigenvalue weighted by atomic mass is 32.2. The number of hydrogen-bond donors (Lipinski definition) is 0. The number of nitrogens with zero attached hydrogens (tertiary/aromatic N) is 3. The fraction of sp³-hybridized carbons (Fsp3) is 0.263. The van der Waals surface area contributed by atoms with Crippen LogP contribution in [0.2, 0.25) is 0 Å². The van der Waals surface area contributed by atoms with Crippen molar-refractivity contribution in [1.29, 1.82) is 0 Å². The van der Waals surface area contributed by atoms with Crippen molar-refractivity contribution in [2.75, 3.05) is 19.5 Å². The molecular weight excluding hydrogens is 334 g/mol. The van der Waals surface area contributed by atoms with Crippen molar-refractivity contribution >= 4 is 11.8 Å². The molecule has 25 heavy (non-hydrogen) atoms. The molecule has 0 atom stereocenters. The van der Waals surface area contributed by atoms with Gasteiger partial charge in [0.05, 0.1) is 19.4 Å². The van der Waals surface area contributed by atoms with E-state index in [1.54, 1.807) is 25.2 Å². The van der Waals surface area contributed by atoms with E-state index >= 15 is 0 Å². The van der Waals surface area contributed by atoms with E-state index in [1.165, 1.54) is 11.1 Å². The maximum atomic E-state index is 5.85. The van der Waals surface area contributed by atoms with Crippen LogP contribution in [0.25, 0.3) is 5.69 Å². The van der Waals surface area contributed by atoms with Crippen LogP contribution in [0.15, 0.2) is 53.9 Å². The molecule has 6 heteroatoms. The highest BCUT2D eigenvalue weighted by molar-refractivity contribution is 7.99. The van der Waals surface area contributed by atoms with Crippen LogP contribution in [0.3, 0.4) is 0 Å². The lowest BCUT2D eigenvalue weighted by atomic mass is 10.1. The van der Waals surface area contributed by atoms with Gasteiger partial charge in [-0.2, -0.15) is 0 Å². The SMILES string of the molecule is COc1ccccc1-n1cnnc1SCCOc1cc(C)cc(C)c1. The lowest BCUT2D eigenvalue weighted by Crippen LogP contribution is -2.03. The van der Waals surface area contributed by atoms with Gasteiger partial charge >= 0.3 is 0 Å². The molecule has 0 aliphatic rings. The predicted octanol–water partition coefficient (Wildman–Crippen LogP) is 4.06. The molecule has 1 heterocycles. The molecule has 0 bridgehead atoms. The lowest BCUT2D eigenvalue weighted by molar-refractivity contribution is 0.343. The number of ether oxygens (including phenoxy) is 2. The zero-order chi connectivity index (χ0) is 17.6. The van der Waals surface area contributed by atoms with Crippen LogP contribution >= 0.6 is 11.8 Å². The summed E-state index contributed by atoms with van der Waals surface area (Å²) in [5.41, 5.74) is 3.34. The van der Waals surface area contributed by atoms with E-state index in [2.05, 4.69) is 42.2 Å². The van der Waals surface area contributed by atoms with Gasteiger partial charge in [0.25, 0.3) is 0 Å². The molecule has 0 radical (unpaired) electrons. The van der Waals surface area contributed by atoms with Gasteiger partial charge < -0.3 is 9.47 Å². The van der Waals surface area contributed by atoms with Crippen molar-refractivity contribution < 1.29 is 9.47 Å². The second kappa shape index (κ2) is 8.07. The fourth-order valence-electron chi connectivity index (χ4n) is 2.63. The topological polar surface area (TPSA) is 49.2 Å². The van der Waals surface area contributed by atoms with Gasteiger partial charge in [-0.1, -0.05) is 30.0 Å². The molecule has 0 spiro atoms. The van der Waals surface area contributed by atoms with Crippen molar-refractivity contribution in [3.8, 4) is 17.2 Å². The van der Waals surface area contributed by atoms with E-state index in [4.69, 9.17) is 9.47 Å². The highest BCUT2D eigenvalue weighted by Gasteiger charge is 2.11. The number of para-hydroxylation sites is 2. The van der Waals surface area contributed by atoms with Gasteiger partial charge in [-0.15, -0.1) is 10.2 Å². The quantitative estimate of drug-likeness (QED) is 0.472. The number of methoxy groups -OCH3 is 1. The van der Waals surface area contributed by atoms with Gasteiger partial charge in [0.2, 0.25) is 0 Å². The predicted molar refractivity (Wildman–Crippen MR) is 100 cm³/mol. The Morgan fingerprint density at radius 2 is 1.84 bits per heavy atom. The van der Waals surface area contributed by atoms with Gasteiger partial charge in [0, 0.05) is 5.75 Å². The summed E-state index contributed by atoms with van der Waals surface area (Å²) in [6.45, 7) is 4.75. The van der Waals surface area contributed by atoms with E-state index < -0.39 is 0 Å². The van der Waals surface area contributed by atoms with Crippen LogP contribution in [0, 0.1) is 13.8 Å². The van der Waals surface area contributed by atoms with Crippen LogP contribution in [-0.4, -0.2) is 34.2 Å². The minimum atomic E-state index is 0.604. The van der Waals surface area contributed by atoms with Crippen LogP contribution in [-0.2, 0) is 0 Å². The number of aryl methyl sites for hydroxylation is 2. The zero-order valence-electron chi connectivity index (χ0n) is 14.6. The first-order chi connectivity index (χ1) is 12.2. The van der Waals surface area contributed by atoms with Gasteiger partial charge in [0.1, 0.15) is 17.8 Å². The van der Waals surface area contributed by atoms with Gasteiger partial charge in [-0.05, 0) is 49.2 Å². The molecule has 0 saturated carbocycles. The van der Waals surface area contributed by atoms with Crippen LogP contribution in [0.5, 0.6) is 11.5 Å². The Bertz CT molecular complexity index is 828. The average molecular weight is 355 g/mol. The lowest BCUT2D eigenvalue weighted by Gasteiger charge is -2.11. The Morgan fingerprint density at radius 3 is 2.60 bits per heavy atom. The molecule has 0 fully saturated rings. The molecule has 130 valence electrons. The van der Waals surface area contributed by atoms with E-state index in [0.717, 1.165) is 28.1 Å². The van der Waals surface area contributed by atoms with Gasteiger partial charge in [-0.25, -0.2) is 0 Å². The molecule has 0 amide bonds. The third-order valence-corrected chi connectivity index (χ3v) is 4.55. The summed E-state index contributed by atoms with van der Waals surface area (Å²) >= 11 is 1.60. The van der Waals surface area contributed by atoms with E-state index in [9.17, 15) is 0 Å². The van der Waals surface area contributed by atoms with Gasteiger partial charge in [0.15, 0.2) is 5.16 Å². The first-order valence-corrected chi connectivity index (χ1v) is 9.03. The van der Waals surface area contributed by atoms with Crippen LogP contribution < -0.4 is 9.47 Å². The summed E-state index contributed by atoms with van der Waals surface area (Å²) in [6.07, 6.45) is 1.70. The molecule has 0 aliphatic carbocycles. The Kier molecular flexibility index (Phi) is 5.60. The summed E-state index contributed by atoms with van der Waals surface area (Å²) < 4.78 is 13.2. The van der Waals surface area contributed by atoms with Crippen molar-refractivity contribution in [1.82, 2.24) is 14.8 Å². The second-order valence-electron chi connectivity index (χ2n) is 5.68. The molecule has 0 N–H and O–H groups in total. The normalized spacial score (nSPS) is 10.7. The summed E-state index contributed by atoms with van der Waals surface area (Å²) in [5, 5.41) is 9.05. The minimum Gasteiger partial charge on any atom is -0.495 e. The third kappa shape index (κ3) is 4.33. The van der Waals surface area contributed by atoms with Crippen molar-refractivity contribution in [2.45, 2.75) is 19.0 Å². The first kappa shape index (κ1) is 17.4. The second-order valence-corrected chi connectivity index (χ2v) is 6.74. The fourth-order valence-corrected chi connectivity index (χ4v) is 3.36. The third-order valence-electron chi connectivity index (χ3n) is 3.64. The van der Waals surface area contributed by atoms with Crippen molar-refractivity contribution in [3.05, 3.63) is 59.9 Å².